The van der Waals surface area contributed by atoms with Gasteiger partial charge in [-0.15, -0.1) is 0 Å². The smallest absolute Gasteiger partial charge is 0.353 e. The molecule has 1 aromatic heterocycles. The highest BCUT2D eigenvalue weighted by Crippen LogP contribution is 2.36. The Morgan fingerprint density at radius 1 is 1.11 bits per heavy atom. The van der Waals surface area contributed by atoms with Gasteiger partial charge in [0.15, 0.2) is 5.69 Å². The number of carbonyl (C=O) groups excluding carboxylic acids is 3. The van der Waals surface area contributed by atoms with Crippen LogP contribution >= 0.6 is 0 Å². The number of hydrogen-bond acceptors (Lipinski definition) is 4. The van der Waals surface area contributed by atoms with Crippen molar-refractivity contribution < 1.29 is 27.6 Å². The van der Waals surface area contributed by atoms with Crippen molar-refractivity contribution in [1.82, 2.24) is 20.4 Å². The molecule has 10 heteroatoms. The van der Waals surface area contributed by atoms with Gasteiger partial charge in [0.25, 0.3) is 5.91 Å². The van der Waals surface area contributed by atoms with E-state index in [1.54, 1.807) is 10.7 Å². The summed E-state index contributed by atoms with van der Waals surface area (Å²) >= 11 is 0. The number of halogens is 3. The van der Waals surface area contributed by atoms with Gasteiger partial charge in [0.1, 0.15) is 6.29 Å². The molecule has 7 nitrogen and oxygen atoms in total. The summed E-state index contributed by atoms with van der Waals surface area (Å²) in [5.74, 6) is -0.804. The molecule has 1 heterocycles. The van der Waals surface area contributed by atoms with Gasteiger partial charge in [0, 0.05) is 30.5 Å². The quantitative estimate of drug-likeness (QED) is 0.509. The van der Waals surface area contributed by atoms with Crippen LogP contribution in [0.1, 0.15) is 79.9 Å². The molecule has 0 saturated heterocycles. The lowest BCUT2D eigenvalue weighted by atomic mass is 9.93. The Bertz CT molecular complexity index is 1070. The van der Waals surface area contributed by atoms with Crippen molar-refractivity contribution in [3.8, 4) is 11.3 Å². The number of aldehydes is 1. The zero-order valence-electron chi connectivity index (χ0n) is 19.3. The van der Waals surface area contributed by atoms with Gasteiger partial charge in [-0.1, -0.05) is 25.0 Å². The summed E-state index contributed by atoms with van der Waals surface area (Å²) in [5, 5.41) is 10.1. The topological polar surface area (TPSA) is 93.1 Å². The van der Waals surface area contributed by atoms with Gasteiger partial charge in [0.2, 0.25) is 5.91 Å². The molecule has 0 aliphatic heterocycles. The summed E-state index contributed by atoms with van der Waals surface area (Å²) in [6.07, 6.45) is 2.60. The monoisotopic (exact) mass is 490 g/mol. The zero-order valence-corrected chi connectivity index (χ0v) is 19.3. The van der Waals surface area contributed by atoms with Crippen LogP contribution in [0.3, 0.4) is 0 Å². The number of alkyl halides is 3. The van der Waals surface area contributed by atoms with Gasteiger partial charge in [-0.05, 0) is 50.3 Å². The molecule has 1 atom stereocenters. The maximum atomic E-state index is 13.3. The first kappa shape index (κ1) is 24.9. The maximum Gasteiger partial charge on any atom is 0.416 e. The third kappa shape index (κ3) is 6.10. The summed E-state index contributed by atoms with van der Waals surface area (Å²) < 4.78 is 41.5. The minimum atomic E-state index is -4.49. The molecule has 0 spiro atoms. The highest BCUT2D eigenvalue weighted by atomic mass is 19.4. The number of aromatic nitrogens is 2. The Morgan fingerprint density at radius 2 is 1.86 bits per heavy atom. The zero-order chi connectivity index (χ0) is 25.0. The van der Waals surface area contributed by atoms with Gasteiger partial charge >= 0.3 is 6.18 Å². The Balaban J connectivity index is 1.56. The molecule has 2 fully saturated rings. The fraction of sp³-hybridized carbons (Fsp3) is 0.520. The molecule has 2 N–H and O–H groups in total. The lowest BCUT2D eigenvalue weighted by molar-refractivity contribution is -0.137. The molecule has 4 rings (SSSR count). The van der Waals surface area contributed by atoms with Crippen LogP contribution in [0.4, 0.5) is 13.2 Å². The van der Waals surface area contributed by atoms with Crippen LogP contribution in [0.5, 0.6) is 0 Å². The van der Waals surface area contributed by atoms with E-state index in [2.05, 4.69) is 15.7 Å². The Kier molecular flexibility index (Phi) is 7.57. The van der Waals surface area contributed by atoms with E-state index < -0.39 is 23.7 Å². The molecule has 1 aromatic carbocycles. The van der Waals surface area contributed by atoms with Crippen molar-refractivity contribution in [3.05, 3.63) is 41.6 Å². The number of rotatable bonds is 9. The van der Waals surface area contributed by atoms with Crippen LogP contribution in [0.15, 0.2) is 30.3 Å². The van der Waals surface area contributed by atoms with E-state index in [9.17, 15) is 27.6 Å². The molecule has 2 aliphatic rings. The first-order chi connectivity index (χ1) is 16.7. The molecular weight excluding hydrogens is 461 g/mol. The van der Waals surface area contributed by atoms with Gasteiger partial charge < -0.3 is 15.4 Å². The fourth-order valence-corrected chi connectivity index (χ4v) is 4.63. The second kappa shape index (κ2) is 10.6. The first-order valence-electron chi connectivity index (χ1n) is 12.1. The van der Waals surface area contributed by atoms with E-state index in [1.807, 2.05) is 0 Å². The molecule has 2 saturated carbocycles. The van der Waals surface area contributed by atoms with Crippen molar-refractivity contribution in [3.63, 3.8) is 0 Å². The molecule has 0 bridgehead atoms. The minimum Gasteiger partial charge on any atom is -0.353 e. The third-order valence-electron chi connectivity index (χ3n) is 6.74. The number of amides is 2. The summed E-state index contributed by atoms with van der Waals surface area (Å²) in [4.78, 5) is 36.5. The van der Waals surface area contributed by atoms with Crippen molar-refractivity contribution >= 4 is 18.1 Å². The Hall–Kier alpha value is -3.17. The molecule has 2 aliphatic carbocycles. The average molecular weight is 491 g/mol. The molecule has 0 unspecified atom stereocenters. The maximum absolute atomic E-state index is 13.3. The third-order valence-corrected chi connectivity index (χ3v) is 6.74. The number of nitrogens with zero attached hydrogens (tertiary/aromatic N) is 2. The van der Waals surface area contributed by atoms with Crippen LogP contribution in [0.2, 0.25) is 0 Å². The standard InChI is InChI=1S/C25H29F3N4O3/c26-25(27,28)17-6-3-5-16(13-17)22-15-21(31-32(22)20-9-1-2-10-20)24(35)30-19(11-12-33)14-23(34)29-18-7-4-8-18/h3,5-6,12-13,15,18-20H,1-2,4,7-11,14H2,(H,29,34)(H,30,35)/t19-/m0/s1. The number of nitrogens with one attached hydrogen (secondary N) is 2. The predicted octanol–water partition coefficient (Wildman–Crippen LogP) is 4.43. The van der Waals surface area contributed by atoms with Crippen molar-refractivity contribution in [1.29, 1.82) is 0 Å². The van der Waals surface area contributed by atoms with E-state index in [4.69, 9.17) is 0 Å². The average Bonchev–Trinajstić information content (AvgIpc) is 3.46. The molecule has 2 amide bonds. The number of benzene rings is 1. The van der Waals surface area contributed by atoms with Crippen LogP contribution in [-0.2, 0) is 15.8 Å². The largest absolute Gasteiger partial charge is 0.416 e. The minimum absolute atomic E-state index is 0.0138. The van der Waals surface area contributed by atoms with Crippen LogP contribution < -0.4 is 10.6 Å². The highest BCUT2D eigenvalue weighted by Gasteiger charge is 2.32. The van der Waals surface area contributed by atoms with Crippen molar-refractivity contribution in [2.24, 2.45) is 0 Å². The second-order valence-electron chi connectivity index (χ2n) is 9.35. The van der Waals surface area contributed by atoms with Gasteiger partial charge in [-0.2, -0.15) is 18.3 Å². The first-order valence-corrected chi connectivity index (χ1v) is 12.1. The molecule has 35 heavy (non-hydrogen) atoms. The van der Waals surface area contributed by atoms with E-state index in [-0.39, 0.29) is 36.5 Å². The Morgan fingerprint density at radius 3 is 2.49 bits per heavy atom. The summed E-state index contributed by atoms with van der Waals surface area (Å²) in [6, 6.07) is 5.89. The van der Waals surface area contributed by atoms with Gasteiger partial charge in [0.05, 0.1) is 17.3 Å². The van der Waals surface area contributed by atoms with Gasteiger partial charge in [-0.25, -0.2) is 0 Å². The second-order valence-corrected chi connectivity index (χ2v) is 9.35. The Labute approximate surface area is 201 Å². The van der Waals surface area contributed by atoms with E-state index in [0.29, 0.717) is 17.5 Å². The van der Waals surface area contributed by atoms with E-state index in [0.717, 1.165) is 57.1 Å². The normalized spacial score (nSPS) is 17.6. The summed E-state index contributed by atoms with van der Waals surface area (Å²) in [5.41, 5.74) is 0.0220. The van der Waals surface area contributed by atoms with Crippen LogP contribution in [0.25, 0.3) is 11.3 Å². The van der Waals surface area contributed by atoms with Crippen molar-refractivity contribution in [2.45, 2.75) is 82.1 Å². The van der Waals surface area contributed by atoms with E-state index >= 15 is 0 Å². The van der Waals surface area contributed by atoms with Crippen molar-refractivity contribution in [2.75, 3.05) is 0 Å². The summed E-state index contributed by atoms with van der Waals surface area (Å²) in [7, 11) is 0. The lowest BCUT2D eigenvalue weighted by Gasteiger charge is -2.27. The molecule has 2 aromatic rings. The molecule has 188 valence electrons. The predicted molar refractivity (Wildman–Crippen MR) is 123 cm³/mol. The van der Waals surface area contributed by atoms with Crippen LogP contribution in [0, 0.1) is 0 Å². The number of hydrogen-bond donors (Lipinski definition) is 2. The summed E-state index contributed by atoms with van der Waals surface area (Å²) in [6.45, 7) is 0. The van der Waals surface area contributed by atoms with Crippen LogP contribution in [-0.4, -0.2) is 40.0 Å². The fourth-order valence-electron chi connectivity index (χ4n) is 4.63. The van der Waals surface area contributed by atoms with E-state index in [1.165, 1.54) is 12.1 Å². The lowest BCUT2D eigenvalue weighted by Crippen LogP contribution is -2.44. The molecular formula is C25H29F3N4O3. The van der Waals surface area contributed by atoms with Gasteiger partial charge in [-0.3, -0.25) is 14.3 Å². The SMILES string of the molecule is O=CC[C@@H](CC(=O)NC1CCC1)NC(=O)c1cc(-c2cccc(C(F)(F)F)c2)n(C2CCCC2)n1. The molecule has 0 radical (unpaired) electrons. The highest BCUT2D eigenvalue weighted by molar-refractivity contribution is 5.94. The number of carbonyl (C=O) groups is 3.